The number of hydrogen-bond acceptors (Lipinski definition) is 11. The fourth-order valence-electron chi connectivity index (χ4n) is 6.79. The normalized spacial score (nSPS) is 20.9. The van der Waals surface area contributed by atoms with Crippen LogP contribution < -0.4 is 0 Å². The van der Waals surface area contributed by atoms with Gasteiger partial charge >= 0.3 is 11.9 Å². The van der Waals surface area contributed by atoms with Crippen molar-refractivity contribution in [1.29, 1.82) is 0 Å². The van der Waals surface area contributed by atoms with E-state index in [-0.39, 0.29) is 19.4 Å². The molecule has 0 aromatic rings. The van der Waals surface area contributed by atoms with Gasteiger partial charge in [-0.1, -0.05) is 168 Å². The topological polar surface area (TPSA) is 186 Å². The minimum atomic E-state index is -4.59. The van der Waals surface area contributed by atoms with Crippen molar-refractivity contribution < 1.29 is 56.8 Å². The van der Waals surface area contributed by atoms with Crippen LogP contribution in [-0.4, -0.2) is 96.0 Å². The van der Waals surface area contributed by atoms with Gasteiger partial charge in [0, 0.05) is 12.8 Å². The third-order valence-corrected chi connectivity index (χ3v) is 10.9. The fraction of sp³-hybridized carbons (Fsp3) is 0.951. The van der Waals surface area contributed by atoms with E-state index in [0.717, 1.165) is 38.5 Å². The fourth-order valence-corrected chi connectivity index (χ4v) is 7.49. The minimum absolute atomic E-state index is 0.171. The van der Waals surface area contributed by atoms with E-state index in [1.165, 1.54) is 116 Å². The summed E-state index contributed by atoms with van der Waals surface area (Å²) in [6.45, 7) is 3.75. The van der Waals surface area contributed by atoms with E-state index in [1.807, 2.05) is 0 Å². The van der Waals surface area contributed by atoms with Crippen molar-refractivity contribution in [3.63, 3.8) is 0 Å². The minimum Gasteiger partial charge on any atom is -0.462 e. The molecule has 320 valence electrons. The molecule has 0 amide bonds. The first-order valence-corrected chi connectivity index (χ1v) is 23.2. The molecule has 0 aromatic heterocycles. The highest BCUT2D eigenvalue weighted by molar-refractivity contribution is 7.85. The Morgan fingerprint density at radius 3 is 1.35 bits per heavy atom. The standard InChI is InChI=1S/C41H78O12S/c1-3-5-7-9-11-13-15-16-17-18-20-21-23-25-27-29-36(42)50-31-34(52-37(43)30-28-26-24-22-19-14-12-10-8-6-4-2)32-51-41-40(46)39(45)38(44)35(53-41)33-54(47,48)49/h34-35,38-41,44-46H,3-33H2,1-2H3,(H,47,48,49)/t34-,35-,38-,39?,40?,41+/m1/s1. The molecule has 1 rings (SSSR count). The zero-order valence-electron chi connectivity index (χ0n) is 33.8. The second kappa shape index (κ2) is 32.7. The van der Waals surface area contributed by atoms with Crippen molar-refractivity contribution in [2.75, 3.05) is 19.0 Å². The summed E-state index contributed by atoms with van der Waals surface area (Å²) in [5, 5.41) is 30.8. The summed E-state index contributed by atoms with van der Waals surface area (Å²) in [5.74, 6) is -1.97. The van der Waals surface area contributed by atoms with Crippen molar-refractivity contribution in [1.82, 2.24) is 0 Å². The second-order valence-corrected chi connectivity index (χ2v) is 16.9. The average molecular weight is 795 g/mol. The molecule has 1 aliphatic heterocycles. The van der Waals surface area contributed by atoms with Gasteiger partial charge in [0.1, 0.15) is 36.8 Å². The molecule has 12 nitrogen and oxygen atoms in total. The van der Waals surface area contributed by atoms with E-state index in [0.29, 0.717) is 12.8 Å². The van der Waals surface area contributed by atoms with Gasteiger partial charge < -0.3 is 34.3 Å². The molecule has 0 radical (unpaired) electrons. The van der Waals surface area contributed by atoms with Crippen molar-refractivity contribution in [2.45, 2.75) is 230 Å². The molecule has 0 spiro atoms. The number of rotatable bonds is 36. The van der Waals surface area contributed by atoms with Crippen LogP contribution in [0.15, 0.2) is 0 Å². The Hall–Kier alpha value is -1.35. The molecule has 1 saturated heterocycles. The summed E-state index contributed by atoms with van der Waals surface area (Å²) in [4.78, 5) is 25.3. The molecule has 1 fully saturated rings. The van der Waals surface area contributed by atoms with Gasteiger partial charge in [-0.2, -0.15) is 8.42 Å². The Morgan fingerprint density at radius 2 is 0.944 bits per heavy atom. The number of carbonyl (C=O) groups is 2. The van der Waals surface area contributed by atoms with Crippen LogP contribution in [0.4, 0.5) is 0 Å². The highest BCUT2D eigenvalue weighted by atomic mass is 32.2. The Labute approximate surface area is 327 Å². The van der Waals surface area contributed by atoms with Gasteiger partial charge in [0.2, 0.25) is 0 Å². The maximum absolute atomic E-state index is 12.7. The van der Waals surface area contributed by atoms with Gasteiger partial charge in [0.05, 0.1) is 6.61 Å². The first-order chi connectivity index (χ1) is 26.0. The number of aliphatic hydroxyl groups excluding tert-OH is 3. The molecule has 2 unspecified atom stereocenters. The Bertz CT molecular complexity index is 1030. The zero-order chi connectivity index (χ0) is 39.9. The number of carbonyl (C=O) groups excluding carboxylic acids is 2. The second-order valence-electron chi connectivity index (χ2n) is 15.4. The number of hydrogen-bond donors (Lipinski definition) is 4. The molecule has 0 bridgehead atoms. The molecule has 1 heterocycles. The van der Waals surface area contributed by atoms with E-state index >= 15 is 0 Å². The number of esters is 2. The van der Waals surface area contributed by atoms with E-state index < -0.39 is 71.2 Å². The smallest absolute Gasteiger partial charge is 0.306 e. The SMILES string of the molecule is CCCCCCCCCCCCCCCCCC(=O)OC[C@H](CO[C@H]1O[C@H](CS(=O)(=O)O)[C@@H](O)C(O)C1O)OC(=O)CCCCCCCCCCCCC. The molecule has 4 N–H and O–H groups in total. The van der Waals surface area contributed by atoms with Crippen LogP contribution in [0.1, 0.15) is 194 Å². The molecule has 0 aliphatic carbocycles. The lowest BCUT2D eigenvalue weighted by molar-refractivity contribution is -0.297. The monoisotopic (exact) mass is 795 g/mol. The lowest BCUT2D eigenvalue weighted by atomic mass is 10.00. The third-order valence-electron chi connectivity index (χ3n) is 10.2. The number of aliphatic hydroxyl groups is 3. The molecule has 54 heavy (non-hydrogen) atoms. The van der Waals surface area contributed by atoms with Crippen molar-refractivity contribution >= 4 is 22.1 Å². The molecule has 1 aliphatic rings. The van der Waals surface area contributed by atoms with Crippen molar-refractivity contribution in [3.05, 3.63) is 0 Å². The van der Waals surface area contributed by atoms with Gasteiger partial charge in [-0.05, 0) is 12.8 Å². The van der Waals surface area contributed by atoms with Crippen LogP contribution in [0.3, 0.4) is 0 Å². The maximum atomic E-state index is 12.7. The van der Waals surface area contributed by atoms with Gasteiger partial charge in [0.25, 0.3) is 10.1 Å². The summed E-state index contributed by atoms with van der Waals surface area (Å²) >= 11 is 0. The zero-order valence-corrected chi connectivity index (χ0v) is 34.7. The number of ether oxygens (including phenoxy) is 4. The molecular formula is C41H78O12S. The van der Waals surface area contributed by atoms with Gasteiger partial charge in [-0.25, -0.2) is 0 Å². The van der Waals surface area contributed by atoms with Gasteiger partial charge in [-0.3, -0.25) is 14.1 Å². The summed E-state index contributed by atoms with van der Waals surface area (Å²) in [6, 6.07) is 0. The largest absolute Gasteiger partial charge is 0.462 e. The van der Waals surface area contributed by atoms with Gasteiger partial charge in [-0.15, -0.1) is 0 Å². The first kappa shape index (κ1) is 50.7. The van der Waals surface area contributed by atoms with E-state index in [1.54, 1.807) is 0 Å². The maximum Gasteiger partial charge on any atom is 0.306 e. The Kier molecular flexibility index (Phi) is 30.7. The van der Waals surface area contributed by atoms with Crippen LogP contribution in [0, 0.1) is 0 Å². The van der Waals surface area contributed by atoms with Gasteiger partial charge in [0.15, 0.2) is 12.4 Å². The predicted octanol–water partition coefficient (Wildman–Crippen LogP) is 8.12. The summed E-state index contributed by atoms with van der Waals surface area (Å²) in [5.41, 5.74) is 0. The molecule has 0 saturated carbocycles. The van der Waals surface area contributed by atoms with E-state index in [4.69, 9.17) is 18.9 Å². The van der Waals surface area contributed by atoms with E-state index in [9.17, 15) is 37.9 Å². The summed E-state index contributed by atoms with van der Waals surface area (Å²) < 4.78 is 53.9. The Morgan fingerprint density at radius 1 is 0.556 bits per heavy atom. The molecule has 6 atom stereocenters. The highest BCUT2D eigenvalue weighted by Gasteiger charge is 2.46. The van der Waals surface area contributed by atoms with Crippen molar-refractivity contribution in [2.24, 2.45) is 0 Å². The molecule has 13 heteroatoms. The quantitative estimate of drug-likeness (QED) is 0.0272. The Balaban J connectivity index is 2.45. The van der Waals surface area contributed by atoms with Crippen LogP contribution in [0.5, 0.6) is 0 Å². The number of unbranched alkanes of at least 4 members (excludes halogenated alkanes) is 24. The molecule has 0 aromatic carbocycles. The highest BCUT2D eigenvalue weighted by Crippen LogP contribution is 2.24. The van der Waals surface area contributed by atoms with E-state index in [2.05, 4.69) is 13.8 Å². The van der Waals surface area contributed by atoms with Crippen LogP contribution >= 0.6 is 0 Å². The van der Waals surface area contributed by atoms with Crippen molar-refractivity contribution in [3.8, 4) is 0 Å². The summed E-state index contributed by atoms with van der Waals surface area (Å²) in [7, 11) is -4.59. The van der Waals surface area contributed by atoms with Crippen LogP contribution in [-0.2, 0) is 38.7 Å². The third kappa shape index (κ3) is 27.3. The lowest BCUT2D eigenvalue weighted by Crippen LogP contribution is -2.60. The predicted molar refractivity (Wildman–Crippen MR) is 211 cm³/mol. The van der Waals surface area contributed by atoms with Crippen LogP contribution in [0.25, 0.3) is 0 Å². The lowest BCUT2D eigenvalue weighted by Gasteiger charge is -2.40. The molecular weight excluding hydrogens is 717 g/mol. The average Bonchev–Trinajstić information content (AvgIpc) is 3.13. The van der Waals surface area contributed by atoms with Crippen LogP contribution in [0.2, 0.25) is 0 Å². The summed E-state index contributed by atoms with van der Waals surface area (Å²) in [6.07, 6.45) is 21.5. The first-order valence-electron chi connectivity index (χ1n) is 21.6.